The van der Waals surface area contributed by atoms with Gasteiger partial charge in [0.2, 0.25) is 10.0 Å². The zero-order chi connectivity index (χ0) is 15.5. The van der Waals surface area contributed by atoms with Crippen LogP contribution in [0.2, 0.25) is 0 Å². The molecule has 0 radical (unpaired) electrons. The second kappa shape index (κ2) is 6.40. The average molecular weight is 312 g/mol. The predicted molar refractivity (Wildman–Crippen MR) is 79.2 cm³/mol. The van der Waals surface area contributed by atoms with Gasteiger partial charge in [0.25, 0.3) is 0 Å². The number of nitrogens with one attached hydrogen (secondary N) is 1. The number of sulfonamides is 1. The van der Waals surface area contributed by atoms with Crippen LogP contribution in [0.1, 0.15) is 18.7 Å². The number of amides is 2. The van der Waals surface area contributed by atoms with Crippen molar-refractivity contribution in [2.75, 3.05) is 32.4 Å². The van der Waals surface area contributed by atoms with E-state index in [0.29, 0.717) is 26.2 Å². The zero-order valence-electron chi connectivity index (χ0n) is 12.2. The molecule has 2 heterocycles. The lowest BCUT2D eigenvalue weighted by Crippen LogP contribution is -2.53. The number of carbonyl (C=O) groups is 1. The molecule has 1 fully saturated rings. The predicted octanol–water partition coefficient (Wildman–Crippen LogP) is 0.429. The number of pyridine rings is 1. The van der Waals surface area contributed by atoms with Crippen LogP contribution in [-0.2, 0) is 10.0 Å². The van der Waals surface area contributed by atoms with Gasteiger partial charge in [-0.05, 0) is 19.1 Å². The molecule has 8 heteroatoms. The van der Waals surface area contributed by atoms with E-state index in [4.69, 9.17) is 0 Å². The summed E-state index contributed by atoms with van der Waals surface area (Å²) in [4.78, 5) is 18.0. The van der Waals surface area contributed by atoms with E-state index in [1.165, 1.54) is 10.6 Å². The largest absolute Gasteiger partial charge is 0.330 e. The number of carbonyl (C=O) groups excluding carboxylic acids is 1. The number of urea groups is 1. The van der Waals surface area contributed by atoms with Crippen LogP contribution in [0.4, 0.5) is 4.79 Å². The summed E-state index contributed by atoms with van der Waals surface area (Å²) >= 11 is 0. The van der Waals surface area contributed by atoms with Crippen LogP contribution in [0.5, 0.6) is 0 Å². The van der Waals surface area contributed by atoms with Crippen molar-refractivity contribution in [3.8, 4) is 0 Å². The molecule has 0 spiro atoms. The molecule has 1 aliphatic rings. The van der Waals surface area contributed by atoms with E-state index in [-0.39, 0.29) is 12.1 Å². The lowest BCUT2D eigenvalue weighted by Gasteiger charge is -2.33. The Morgan fingerprint density at radius 3 is 2.48 bits per heavy atom. The maximum atomic E-state index is 12.2. The minimum atomic E-state index is -3.18. The van der Waals surface area contributed by atoms with E-state index in [2.05, 4.69) is 10.3 Å². The summed E-state index contributed by atoms with van der Waals surface area (Å²) in [5.74, 6) is 0. The van der Waals surface area contributed by atoms with Crippen molar-refractivity contribution in [1.82, 2.24) is 19.5 Å². The van der Waals surface area contributed by atoms with Crippen molar-refractivity contribution in [1.29, 1.82) is 0 Å². The molecule has 1 N–H and O–H groups in total. The molecule has 2 rings (SSSR count). The molecule has 21 heavy (non-hydrogen) atoms. The SMILES string of the molecule is C[C@H](NC(=O)N1CCN(S(C)(=O)=O)CC1)c1ccccn1. The highest BCUT2D eigenvalue weighted by Crippen LogP contribution is 2.10. The first kappa shape index (κ1) is 15.7. The van der Waals surface area contributed by atoms with Crippen LogP contribution in [0.15, 0.2) is 24.4 Å². The molecule has 0 bridgehead atoms. The Bertz CT molecular complexity index is 583. The van der Waals surface area contributed by atoms with Gasteiger partial charge < -0.3 is 10.2 Å². The molecule has 1 saturated heterocycles. The number of piperazine rings is 1. The summed E-state index contributed by atoms with van der Waals surface area (Å²) in [6.45, 7) is 3.34. The monoisotopic (exact) mass is 312 g/mol. The number of nitrogens with zero attached hydrogens (tertiary/aromatic N) is 3. The Balaban J connectivity index is 1.88. The Kier molecular flexibility index (Phi) is 4.79. The van der Waals surface area contributed by atoms with Crippen LogP contribution < -0.4 is 5.32 Å². The van der Waals surface area contributed by atoms with E-state index in [1.807, 2.05) is 25.1 Å². The number of hydrogen-bond acceptors (Lipinski definition) is 4. The third-order valence-corrected chi connectivity index (χ3v) is 4.77. The Morgan fingerprint density at radius 1 is 1.29 bits per heavy atom. The third-order valence-electron chi connectivity index (χ3n) is 3.47. The smallest absolute Gasteiger partial charge is 0.318 e. The van der Waals surface area contributed by atoms with Crippen molar-refractivity contribution in [2.45, 2.75) is 13.0 Å². The van der Waals surface area contributed by atoms with Gasteiger partial charge in [0, 0.05) is 32.4 Å². The highest BCUT2D eigenvalue weighted by molar-refractivity contribution is 7.88. The minimum Gasteiger partial charge on any atom is -0.330 e. The summed E-state index contributed by atoms with van der Waals surface area (Å²) < 4.78 is 24.2. The number of hydrogen-bond donors (Lipinski definition) is 1. The van der Waals surface area contributed by atoms with E-state index in [9.17, 15) is 13.2 Å². The fraction of sp³-hybridized carbons (Fsp3) is 0.538. The molecule has 1 aromatic heterocycles. The van der Waals surface area contributed by atoms with Gasteiger partial charge in [0.05, 0.1) is 18.0 Å². The van der Waals surface area contributed by atoms with Gasteiger partial charge in [0.1, 0.15) is 0 Å². The molecule has 7 nitrogen and oxygen atoms in total. The first-order valence-corrected chi connectivity index (χ1v) is 8.64. The fourth-order valence-electron chi connectivity index (χ4n) is 2.21. The number of rotatable bonds is 3. The Labute approximate surface area is 125 Å². The van der Waals surface area contributed by atoms with Crippen LogP contribution in [0.25, 0.3) is 0 Å². The first-order valence-electron chi connectivity index (χ1n) is 6.79. The van der Waals surface area contributed by atoms with Crippen molar-refractivity contribution in [3.63, 3.8) is 0 Å². The normalized spacial score (nSPS) is 18.3. The topological polar surface area (TPSA) is 82.6 Å². The fourth-order valence-corrected chi connectivity index (χ4v) is 3.03. The molecule has 116 valence electrons. The quantitative estimate of drug-likeness (QED) is 0.877. The summed E-state index contributed by atoms with van der Waals surface area (Å²) in [7, 11) is -3.18. The van der Waals surface area contributed by atoms with Crippen LogP contribution in [-0.4, -0.2) is 61.1 Å². The molecule has 0 saturated carbocycles. The molecule has 0 aliphatic carbocycles. The molecule has 1 atom stereocenters. The average Bonchev–Trinajstić information content (AvgIpc) is 2.47. The minimum absolute atomic E-state index is 0.188. The molecular weight excluding hydrogens is 292 g/mol. The standard InChI is InChI=1S/C13H20N4O3S/c1-11(12-5-3-4-6-14-12)15-13(18)16-7-9-17(10-8-16)21(2,19)20/h3-6,11H,7-10H2,1-2H3,(H,15,18)/t11-/m0/s1. The van der Waals surface area contributed by atoms with Gasteiger partial charge in [-0.1, -0.05) is 6.07 Å². The van der Waals surface area contributed by atoms with Crippen LogP contribution in [0.3, 0.4) is 0 Å². The Morgan fingerprint density at radius 2 is 1.95 bits per heavy atom. The van der Waals surface area contributed by atoms with E-state index < -0.39 is 10.0 Å². The zero-order valence-corrected chi connectivity index (χ0v) is 13.0. The van der Waals surface area contributed by atoms with E-state index >= 15 is 0 Å². The van der Waals surface area contributed by atoms with Gasteiger partial charge in [-0.3, -0.25) is 4.98 Å². The first-order chi connectivity index (χ1) is 9.88. The van der Waals surface area contributed by atoms with Gasteiger partial charge in [-0.2, -0.15) is 4.31 Å². The summed E-state index contributed by atoms with van der Waals surface area (Å²) in [5.41, 5.74) is 0.792. The van der Waals surface area contributed by atoms with Crippen LogP contribution >= 0.6 is 0 Å². The summed E-state index contributed by atoms with van der Waals surface area (Å²) in [6.07, 6.45) is 2.87. The van der Waals surface area contributed by atoms with Gasteiger partial charge in [0.15, 0.2) is 0 Å². The Hall–Kier alpha value is -1.67. The van der Waals surface area contributed by atoms with E-state index in [1.54, 1.807) is 11.1 Å². The van der Waals surface area contributed by atoms with Crippen molar-refractivity contribution in [3.05, 3.63) is 30.1 Å². The molecule has 2 amide bonds. The van der Waals surface area contributed by atoms with Crippen molar-refractivity contribution < 1.29 is 13.2 Å². The van der Waals surface area contributed by atoms with Crippen LogP contribution in [0, 0.1) is 0 Å². The maximum absolute atomic E-state index is 12.2. The van der Waals surface area contributed by atoms with Gasteiger partial charge in [-0.25, -0.2) is 13.2 Å². The summed E-state index contributed by atoms with van der Waals surface area (Å²) in [5, 5.41) is 2.88. The molecule has 0 unspecified atom stereocenters. The van der Waals surface area contributed by atoms with Crippen molar-refractivity contribution >= 4 is 16.1 Å². The molecule has 1 aromatic rings. The molecule has 0 aromatic carbocycles. The van der Waals surface area contributed by atoms with Gasteiger partial charge in [-0.15, -0.1) is 0 Å². The van der Waals surface area contributed by atoms with E-state index in [0.717, 1.165) is 5.69 Å². The van der Waals surface area contributed by atoms with Gasteiger partial charge >= 0.3 is 6.03 Å². The second-order valence-corrected chi connectivity index (χ2v) is 7.06. The third kappa shape index (κ3) is 4.15. The highest BCUT2D eigenvalue weighted by Gasteiger charge is 2.26. The number of aromatic nitrogens is 1. The second-order valence-electron chi connectivity index (χ2n) is 5.07. The molecule has 1 aliphatic heterocycles. The highest BCUT2D eigenvalue weighted by atomic mass is 32.2. The maximum Gasteiger partial charge on any atom is 0.318 e. The van der Waals surface area contributed by atoms with Crippen molar-refractivity contribution in [2.24, 2.45) is 0 Å². The lowest BCUT2D eigenvalue weighted by molar-refractivity contribution is 0.169. The molecular formula is C13H20N4O3S. The summed E-state index contributed by atoms with van der Waals surface area (Å²) in [6, 6.07) is 5.16. The lowest BCUT2D eigenvalue weighted by atomic mass is 10.2.